The second kappa shape index (κ2) is 9.10. The van der Waals surface area contributed by atoms with Gasteiger partial charge in [-0.3, -0.25) is 0 Å². The molecular formula is C20H19BrO4S2. The Morgan fingerprint density at radius 1 is 1.30 bits per heavy atom. The van der Waals surface area contributed by atoms with E-state index in [1.165, 1.54) is 11.8 Å². The molecule has 1 aromatic heterocycles. The van der Waals surface area contributed by atoms with E-state index in [0.29, 0.717) is 18.1 Å². The van der Waals surface area contributed by atoms with E-state index in [2.05, 4.69) is 15.9 Å². The summed E-state index contributed by atoms with van der Waals surface area (Å²) in [6.45, 7) is 0.386. The van der Waals surface area contributed by atoms with Crippen molar-refractivity contribution in [3.05, 3.63) is 62.5 Å². The topological polar surface area (TPSA) is 54.7 Å². The highest BCUT2D eigenvalue weighted by molar-refractivity contribution is 9.10. The molecule has 0 amide bonds. The van der Waals surface area contributed by atoms with E-state index in [1.807, 2.05) is 48.7 Å². The minimum absolute atomic E-state index is 0.386. The van der Waals surface area contributed by atoms with E-state index in [1.54, 1.807) is 19.6 Å². The largest absolute Gasteiger partial charge is 0.611 e. The molecule has 3 rings (SSSR count). The van der Waals surface area contributed by atoms with Crippen LogP contribution in [0.4, 0.5) is 0 Å². The number of fused-ring (bicyclic) bond motifs is 1. The number of methoxy groups -OCH3 is 1. The van der Waals surface area contributed by atoms with Gasteiger partial charge in [0.25, 0.3) is 0 Å². The third-order valence-corrected chi connectivity index (χ3v) is 6.94. The second-order valence-corrected chi connectivity index (χ2v) is 9.04. The first-order valence-corrected chi connectivity index (χ1v) is 11.6. The summed E-state index contributed by atoms with van der Waals surface area (Å²) in [7, 11) is 1.62. The summed E-state index contributed by atoms with van der Waals surface area (Å²) < 4.78 is 30.4. The molecule has 2 aromatic carbocycles. The van der Waals surface area contributed by atoms with Crippen molar-refractivity contribution >= 4 is 55.9 Å². The van der Waals surface area contributed by atoms with Gasteiger partial charge in [0.2, 0.25) is 0 Å². The van der Waals surface area contributed by atoms with Crippen molar-refractivity contribution in [1.29, 1.82) is 0 Å². The van der Waals surface area contributed by atoms with Gasteiger partial charge in [-0.05, 0) is 69.3 Å². The molecule has 142 valence electrons. The van der Waals surface area contributed by atoms with Gasteiger partial charge in [-0.15, -0.1) is 0 Å². The van der Waals surface area contributed by atoms with Gasteiger partial charge in [0.1, 0.15) is 29.9 Å². The third kappa shape index (κ3) is 4.85. The summed E-state index contributed by atoms with van der Waals surface area (Å²) >= 11 is 3.95. The summed E-state index contributed by atoms with van der Waals surface area (Å²) in [5, 5.41) is 1.01. The Kier molecular flexibility index (Phi) is 6.81. The molecular weight excluding hydrogens is 448 g/mol. The van der Waals surface area contributed by atoms with Crippen molar-refractivity contribution in [2.45, 2.75) is 6.61 Å². The zero-order chi connectivity index (χ0) is 19.4. The molecule has 27 heavy (non-hydrogen) atoms. The third-order valence-electron chi connectivity index (χ3n) is 3.94. The molecule has 1 heterocycles. The van der Waals surface area contributed by atoms with E-state index in [9.17, 15) is 4.55 Å². The van der Waals surface area contributed by atoms with Crippen LogP contribution in [0.15, 0.2) is 55.8 Å². The first-order chi connectivity index (χ1) is 13.0. The van der Waals surface area contributed by atoms with Crippen LogP contribution in [0.2, 0.25) is 0 Å². The maximum absolute atomic E-state index is 11.9. The lowest BCUT2D eigenvalue weighted by molar-refractivity contribution is 0.303. The van der Waals surface area contributed by atoms with Crippen LogP contribution in [0, 0.1) is 0 Å². The first-order valence-electron chi connectivity index (χ1n) is 8.07. The SMILES string of the molecule is COc1ccc(/C=C(\SC)[S+](C)[O-])c(OCc2cc(Br)c3occc3c2)c1. The van der Waals surface area contributed by atoms with Gasteiger partial charge in [0, 0.05) is 23.1 Å². The molecule has 0 saturated heterocycles. The van der Waals surface area contributed by atoms with E-state index in [0.717, 1.165) is 30.8 Å². The van der Waals surface area contributed by atoms with E-state index in [-0.39, 0.29) is 0 Å². The maximum atomic E-state index is 11.9. The Morgan fingerprint density at radius 3 is 2.81 bits per heavy atom. The van der Waals surface area contributed by atoms with Gasteiger partial charge in [-0.25, -0.2) is 0 Å². The molecule has 0 radical (unpaired) electrons. The van der Waals surface area contributed by atoms with Crippen molar-refractivity contribution in [2.24, 2.45) is 0 Å². The van der Waals surface area contributed by atoms with Crippen LogP contribution in [0.1, 0.15) is 11.1 Å². The van der Waals surface area contributed by atoms with Gasteiger partial charge in [0.05, 0.1) is 17.8 Å². The van der Waals surface area contributed by atoms with Crippen LogP contribution in [0.3, 0.4) is 0 Å². The van der Waals surface area contributed by atoms with Crippen LogP contribution in [-0.4, -0.2) is 24.2 Å². The maximum Gasteiger partial charge on any atom is 0.186 e. The van der Waals surface area contributed by atoms with Crippen LogP contribution < -0.4 is 9.47 Å². The second-order valence-electron chi connectivity index (χ2n) is 5.73. The number of thioether (sulfide) groups is 1. The number of rotatable bonds is 7. The Balaban J connectivity index is 1.89. The van der Waals surface area contributed by atoms with Crippen LogP contribution >= 0.6 is 27.7 Å². The van der Waals surface area contributed by atoms with Crippen molar-refractivity contribution in [3.63, 3.8) is 0 Å². The molecule has 0 spiro atoms. The fourth-order valence-electron chi connectivity index (χ4n) is 2.61. The zero-order valence-electron chi connectivity index (χ0n) is 15.2. The van der Waals surface area contributed by atoms with Gasteiger partial charge < -0.3 is 18.4 Å². The molecule has 0 aliphatic rings. The normalized spacial score (nSPS) is 13.0. The highest BCUT2D eigenvalue weighted by atomic mass is 79.9. The van der Waals surface area contributed by atoms with Crippen LogP contribution in [0.5, 0.6) is 11.5 Å². The Morgan fingerprint density at radius 2 is 2.11 bits per heavy atom. The van der Waals surface area contributed by atoms with E-state index in [4.69, 9.17) is 13.9 Å². The molecule has 0 N–H and O–H groups in total. The molecule has 0 aliphatic heterocycles. The molecule has 4 nitrogen and oxygen atoms in total. The number of furan rings is 1. The highest BCUT2D eigenvalue weighted by Crippen LogP contribution is 2.32. The van der Waals surface area contributed by atoms with Crippen molar-refractivity contribution in [3.8, 4) is 11.5 Å². The molecule has 3 aromatic rings. The number of halogens is 1. The standard InChI is InChI=1S/C20H19BrO4S2/c1-23-16-5-4-14(10-19(26-2)27(3)22)18(11-16)25-12-13-8-15-6-7-24-20(15)17(21)9-13/h4-11H,12H2,1-3H3/b19-10+. The minimum atomic E-state index is -1.05. The van der Waals surface area contributed by atoms with Crippen molar-refractivity contribution in [1.82, 2.24) is 0 Å². The average molecular weight is 467 g/mol. The summed E-state index contributed by atoms with van der Waals surface area (Å²) in [6.07, 6.45) is 7.14. The summed E-state index contributed by atoms with van der Waals surface area (Å²) in [5.74, 6) is 1.38. The molecule has 7 heteroatoms. The molecule has 0 fully saturated rings. The lowest BCUT2D eigenvalue weighted by Crippen LogP contribution is -2.00. The van der Waals surface area contributed by atoms with Crippen LogP contribution in [-0.2, 0) is 17.8 Å². The zero-order valence-corrected chi connectivity index (χ0v) is 18.4. The van der Waals surface area contributed by atoms with Gasteiger partial charge in [-0.2, -0.15) is 0 Å². The Labute approximate surface area is 174 Å². The highest BCUT2D eigenvalue weighted by Gasteiger charge is 2.12. The van der Waals surface area contributed by atoms with Crippen molar-refractivity contribution in [2.75, 3.05) is 19.6 Å². The fourth-order valence-corrected chi connectivity index (χ4v) is 4.71. The summed E-state index contributed by atoms with van der Waals surface area (Å²) in [5.41, 5.74) is 2.69. The fraction of sp³-hybridized carbons (Fsp3) is 0.200. The lowest BCUT2D eigenvalue weighted by atomic mass is 10.1. The van der Waals surface area contributed by atoms with E-state index >= 15 is 0 Å². The average Bonchev–Trinajstić information content (AvgIpc) is 3.13. The van der Waals surface area contributed by atoms with Crippen molar-refractivity contribution < 1.29 is 18.4 Å². The molecule has 0 saturated carbocycles. The number of benzene rings is 2. The predicted molar refractivity (Wildman–Crippen MR) is 117 cm³/mol. The Hall–Kier alpha value is -1.54. The molecule has 0 bridgehead atoms. The van der Waals surface area contributed by atoms with Crippen LogP contribution in [0.25, 0.3) is 17.0 Å². The monoisotopic (exact) mass is 466 g/mol. The van der Waals surface area contributed by atoms with E-state index < -0.39 is 11.2 Å². The molecule has 1 unspecified atom stereocenters. The van der Waals surface area contributed by atoms with Gasteiger partial charge in [0.15, 0.2) is 4.24 Å². The Bertz CT molecular complexity index is 966. The first kappa shape index (κ1) is 20.2. The lowest BCUT2D eigenvalue weighted by Gasteiger charge is -2.13. The predicted octanol–water partition coefficient (Wildman–Crippen LogP) is 5.82. The molecule has 1 atom stereocenters. The summed E-state index contributed by atoms with van der Waals surface area (Å²) in [6, 6.07) is 11.6. The van der Waals surface area contributed by atoms with Gasteiger partial charge in [-0.1, -0.05) is 11.8 Å². The number of ether oxygens (including phenoxy) is 2. The molecule has 0 aliphatic carbocycles. The number of hydrogen-bond donors (Lipinski definition) is 0. The quantitative estimate of drug-likeness (QED) is 0.410. The smallest absolute Gasteiger partial charge is 0.186 e. The number of hydrogen-bond acceptors (Lipinski definition) is 5. The minimum Gasteiger partial charge on any atom is -0.611 e. The van der Waals surface area contributed by atoms with Gasteiger partial charge >= 0.3 is 0 Å². The summed E-state index contributed by atoms with van der Waals surface area (Å²) in [4.78, 5) is 0.